The summed E-state index contributed by atoms with van der Waals surface area (Å²) >= 11 is 0. The minimum absolute atomic E-state index is 0.0598. The lowest BCUT2D eigenvalue weighted by Crippen LogP contribution is -2.46. The van der Waals surface area contributed by atoms with E-state index in [2.05, 4.69) is 27.8 Å². The van der Waals surface area contributed by atoms with Crippen LogP contribution >= 0.6 is 0 Å². The Labute approximate surface area is 329 Å². The first kappa shape index (κ1) is 39.9. The molecule has 294 valence electrons. The number of benzene rings is 4. The van der Waals surface area contributed by atoms with E-state index in [0.717, 1.165) is 38.9 Å². The summed E-state index contributed by atoms with van der Waals surface area (Å²) in [5.74, 6) is -0.879. The third-order valence-electron chi connectivity index (χ3n) is 10.8. The Morgan fingerprint density at radius 2 is 1.19 bits per heavy atom. The van der Waals surface area contributed by atoms with Crippen molar-refractivity contribution in [1.29, 1.82) is 0 Å². The van der Waals surface area contributed by atoms with Crippen molar-refractivity contribution in [2.24, 2.45) is 0 Å². The lowest BCUT2D eigenvalue weighted by Gasteiger charge is -2.43. The lowest BCUT2D eigenvalue weighted by atomic mass is 9.67. The van der Waals surface area contributed by atoms with E-state index in [1.54, 1.807) is 18.7 Å². The van der Waals surface area contributed by atoms with Crippen LogP contribution < -0.4 is 10.6 Å². The Balaban J connectivity index is 1.33. The predicted octanol–water partition coefficient (Wildman–Crippen LogP) is 8.90. The maximum absolute atomic E-state index is 13.7. The maximum atomic E-state index is 13.7. The van der Waals surface area contributed by atoms with E-state index in [4.69, 9.17) is 4.74 Å². The summed E-state index contributed by atoms with van der Waals surface area (Å²) in [6.07, 6.45) is 1.87. The standard InChI is InChI=1S/C43H44N6O8/c1-25-20-34(48(53)54)21-26(2)37(25)41(51)46-39-29(5)18-33(19-30(39)6)43(12-14-47(15-13-43)42(52)57-24-31-10-8-7-9-11-31)32-16-27(3)38(28(4)17-32)45-40(50)36-22-35(23-44-36)49(55)56/h7-11,16-23,44H,12-15,24H2,1-6H3,(H,45,50)(H,46,51). The Hall–Kier alpha value is -6.83. The third-order valence-corrected chi connectivity index (χ3v) is 10.8. The summed E-state index contributed by atoms with van der Waals surface area (Å²) in [7, 11) is 0. The molecule has 5 aromatic rings. The van der Waals surface area contributed by atoms with Gasteiger partial charge >= 0.3 is 6.09 Å². The van der Waals surface area contributed by atoms with Crippen molar-refractivity contribution in [3.8, 4) is 0 Å². The zero-order valence-electron chi connectivity index (χ0n) is 32.6. The summed E-state index contributed by atoms with van der Waals surface area (Å²) in [6.45, 7) is 12.0. The number of nitrogens with one attached hydrogen (secondary N) is 3. The number of H-pyrrole nitrogens is 1. The molecule has 0 unspecified atom stereocenters. The highest BCUT2D eigenvalue weighted by molar-refractivity contribution is 6.07. The minimum atomic E-state index is -0.585. The van der Waals surface area contributed by atoms with Crippen molar-refractivity contribution in [2.45, 2.75) is 66.4 Å². The molecule has 14 nitrogen and oxygen atoms in total. The van der Waals surface area contributed by atoms with Crippen molar-refractivity contribution in [1.82, 2.24) is 9.88 Å². The number of aromatic amines is 1. The summed E-state index contributed by atoms with van der Waals surface area (Å²) in [4.78, 5) is 66.0. The maximum Gasteiger partial charge on any atom is 0.410 e. The van der Waals surface area contributed by atoms with E-state index < -0.39 is 27.3 Å². The summed E-state index contributed by atoms with van der Waals surface area (Å²) in [5, 5.41) is 28.6. The van der Waals surface area contributed by atoms with Crippen molar-refractivity contribution < 1.29 is 29.0 Å². The first-order valence-corrected chi connectivity index (χ1v) is 18.5. The number of nitrogens with zero attached hydrogens (tertiary/aromatic N) is 3. The van der Waals surface area contributed by atoms with Crippen molar-refractivity contribution in [3.05, 3.63) is 161 Å². The van der Waals surface area contributed by atoms with Crippen molar-refractivity contribution in [3.63, 3.8) is 0 Å². The van der Waals surface area contributed by atoms with E-state index in [1.165, 1.54) is 24.4 Å². The second kappa shape index (κ2) is 16.1. The number of rotatable bonds is 10. The molecule has 6 rings (SSSR count). The summed E-state index contributed by atoms with van der Waals surface area (Å²) in [6, 6.07) is 21.6. The molecule has 4 aromatic carbocycles. The number of carbonyl (C=O) groups is 3. The molecular formula is C43H44N6O8. The average molecular weight is 773 g/mol. The molecule has 3 amide bonds. The van der Waals surface area contributed by atoms with Crippen LogP contribution in [0.2, 0.25) is 0 Å². The van der Waals surface area contributed by atoms with Gasteiger partial charge in [-0.2, -0.15) is 0 Å². The van der Waals surface area contributed by atoms with Gasteiger partial charge in [0.05, 0.1) is 16.0 Å². The first-order chi connectivity index (χ1) is 27.1. The van der Waals surface area contributed by atoms with Crippen LogP contribution in [0.5, 0.6) is 0 Å². The van der Waals surface area contributed by atoms with Gasteiger partial charge in [0.1, 0.15) is 12.3 Å². The van der Waals surface area contributed by atoms with Gasteiger partial charge in [0.25, 0.3) is 23.2 Å². The molecule has 3 N–H and O–H groups in total. The number of nitro benzene ring substituents is 1. The zero-order valence-corrected chi connectivity index (χ0v) is 32.6. The number of hydrogen-bond acceptors (Lipinski definition) is 8. The molecule has 0 radical (unpaired) electrons. The van der Waals surface area contributed by atoms with Crippen LogP contribution in [0.25, 0.3) is 0 Å². The largest absolute Gasteiger partial charge is 0.445 e. The van der Waals surface area contributed by atoms with Gasteiger partial charge in [-0.15, -0.1) is 0 Å². The normalized spacial score (nSPS) is 13.5. The fourth-order valence-electron chi connectivity index (χ4n) is 7.88. The fraction of sp³-hybridized carbons (Fsp3) is 0.279. The van der Waals surface area contributed by atoms with Gasteiger partial charge in [-0.05, 0) is 104 Å². The van der Waals surface area contributed by atoms with Gasteiger partial charge < -0.3 is 25.3 Å². The molecule has 1 aliphatic rings. The lowest BCUT2D eigenvalue weighted by molar-refractivity contribution is -0.385. The summed E-state index contributed by atoms with van der Waals surface area (Å²) < 4.78 is 5.68. The molecule has 1 fully saturated rings. The van der Waals surface area contributed by atoms with Crippen LogP contribution in [-0.2, 0) is 16.8 Å². The quantitative estimate of drug-likeness (QED) is 0.0926. The topological polar surface area (TPSA) is 190 Å². The number of hydrogen-bond donors (Lipinski definition) is 3. The number of aromatic nitrogens is 1. The number of likely N-dealkylation sites (tertiary alicyclic amines) is 1. The average Bonchev–Trinajstić information content (AvgIpc) is 3.68. The highest BCUT2D eigenvalue weighted by Gasteiger charge is 2.40. The molecule has 57 heavy (non-hydrogen) atoms. The van der Waals surface area contributed by atoms with E-state index in [0.29, 0.717) is 54.0 Å². The smallest absolute Gasteiger partial charge is 0.410 e. The van der Waals surface area contributed by atoms with Crippen LogP contribution in [0.1, 0.15) is 83.8 Å². The third kappa shape index (κ3) is 8.25. The number of aryl methyl sites for hydroxylation is 6. The van der Waals surface area contributed by atoms with Gasteiger partial charge in [0.15, 0.2) is 0 Å². The van der Waals surface area contributed by atoms with Crippen LogP contribution in [-0.4, -0.2) is 50.7 Å². The zero-order chi connectivity index (χ0) is 41.2. The van der Waals surface area contributed by atoms with Gasteiger partial charge in [-0.1, -0.05) is 54.6 Å². The SMILES string of the molecule is Cc1cc(C2(c3cc(C)c(NC(=O)c4c(C)cc([N+](=O)[O-])cc4C)c(C)c3)CCN(C(=O)OCc3ccccc3)CC2)cc(C)c1NC(=O)c1cc([N+](=O)[O-])c[nH]1. The Morgan fingerprint density at radius 3 is 1.67 bits per heavy atom. The molecule has 1 aliphatic heterocycles. The minimum Gasteiger partial charge on any atom is -0.445 e. The molecule has 14 heteroatoms. The molecule has 0 saturated carbocycles. The molecular weight excluding hydrogens is 729 g/mol. The second-order valence-corrected chi connectivity index (χ2v) is 14.7. The number of anilines is 2. The van der Waals surface area contributed by atoms with Crippen LogP contribution in [0, 0.1) is 61.8 Å². The molecule has 1 aromatic heterocycles. The van der Waals surface area contributed by atoms with Gasteiger partial charge in [-0.25, -0.2) is 4.79 Å². The number of piperidine rings is 1. The number of non-ortho nitro benzene ring substituents is 1. The van der Waals surface area contributed by atoms with E-state index in [-0.39, 0.29) is 29.6 Å². The number of amides is 3. The van der Waals surface area contributed by atoms with E-state index in [1.807, 2.05) is 70.2 Å². The molecule has 0 spiro atoms. The van der Waals surface area contributed by atoms with Gasteiger partial charge in [-0.3, -0.25) is 29.8 Å². The Bertz CT molecular complexity index is 2340. The highest BCUT2D eigenvalue weighted by atomic mass is 16.6. The predicted molar refractivity (Wildman–Crippen MR) is 216 cm³/mol. The van der Waals surface area contributed by atoms with E-state index in [9.17, 15) is 34.6 Å². The van der Waals surface area contributed by atoms with Crippen LogP contribution in [0.4, 0.5) is 27.5 Å². The molecule has 0 bridgehead atoms. The first-order valence-electron chi connectivity index (χ1n) is 18.5. The number of nitro groups is 2. The second-order valence-electron chi connectivity index (χ2n) is 14.7. The van der Waals surface area contributed by atoms with Gasteiger partial charge in [0, 0.05) is 53.6 Å². The number of ether oxygens (including phenoxy) is 1. The molecule has 0 aliphatic carbocycles. The summed E-state index contributed by atoms with van der Waals surface area (Å²) in [5.41, 5.74) is 7.84. The van der Waals surface area contributed by atoms with Crippen LogP contribution in [0.3, 0.4) is 0 Å². The Morgan fingerprint density at radius 1 is 0.702 bits per heavy atom. The van der Waals surface area contributed by atoms with Crippen molar-refractivity contribution in [2.75, 3.05) is 23.7 Å². The Kier molecular flexibility index (Phi) is 11.3. The fourth-order valence-corrected chi connectivity index (χ4v) is 7.88. The molecule has 0 atom stereocenters. The number of carbonyl (C=O) groups excluding carboxylic acids is 3. The molecule has 1 saturated heterocycles. The monoisotopic (exact) mass is 772 g/mol. The van der Waals surface area contributed by atoms with Crippen molar-refractivity contribution >= 4 is 40.7 Å². The molecule has 2 heterocycles. The van der Waals surface area contributed by atoms with E-state index >= 15 is 0 Å². The highest BCUT2D eigenvalue weighted by Crippen LogP contribution is 2.45. The van der Waals surface area contributed by atoms with Gasteiger partial charge in [0.2, 0.25) is 0 Å². The van der Waals surface area contributed by atoms with Crippen LogP contribution in [0.15, 0.2) is 79.0 Å².